The number of halogens is 3. The molecule has 3 aromatic rings. The minimum absolute atomic E-state index is 0. The molecular weight excluding hydrogens is 495 g/mol. The second kappa shape index (κ2) is 12.3. The average Bonchev–Trinajstić information content (AvgIpc) is 3.13. The largest absolute Gasteiger partial charge is 1.00 e. The molecule has 0 nitrogen and oxygen atoms in total. The summed E-state index contributed by atoms with van der Waals surface area (Å²) in [5, 5.41) is 6.06. The number of hydrogen-bond donors (Lipinski definition) is 0. The molecule has 0 saturated carbocycles. The first kappa shape index (κ1) is 28.0. The van der Waals surface area contributed by atoms with E-state index in [1.807, 2.05) is 0 Å². The third kappa shape index (κ3) is 5.14. The molecule has 5 heteroatoms. The topological polar surface area (TPSA) is 0 Å². The molecule has 31 heavy (non-hydrogen) atoms. The second-order valence-electron chi connectivity index (χ2n) is 7.72. The molecule has 0 aromatic heterocycles. The molecule has 0 N–H and O–H groups in total. The van der Waals surface area contributed by atoms with E-state index in [0.29, 0.717) is 5.92 Å². The summed E-state index contributed by atoms with van der Waals surface area (Å²) >= 11 is 2.35. The zero-order valence-electron chi connectivity index (χ0n) is 17.7. The summed E-state index contributed by atoms with van der Waals surface area (Å²) in [6.45, 7) is 4.63. The Kier molecular flexibility index (Phi) is 11.1. The molecule has 0 fully saturated rings. The Hall–Kier alpha value is -1.06. The van der Waals surface area contributed by atoms with E-state index in [1.54, 1.807) is 5.20 Å². The van der Waals surface area contributed by atoms with Gasteiger partial charge in [0.25, 0.3) is 0 Å². The molecular formula is C26H25Cl3SiTi. The summed E-state index contributed by atoms with van der Waals surface area (Å²) in [6, 6.07) is 33.7. The van der Waals surface area contributed by atoms with Gasteiger partial charge in [0.05, 0.1) is 0 Å². The molecule has 1 aliphatic rings. The van der Waals surface area contributed by atoms with Crippen molar-refractivity contribution in [2.45, 2.75) is 20.3 Å². The monoisotopic (exact) mass is 518 g/mol. The fourth-order valence-corrected chi connectivity index (χ4v) is 11.2. The van der Waals surface area contributed by atoms with Crippen LogP contribution in [0.15, 0.2) is 112 Å². The third-order valence-electron chi connectivity index (χ3n) is 5.81. The molecule has 3 aromatic carbocycles. The zero-order chi connectivity index (χ0) is 19.6. The van der Waals surface area contributed by atoms with Crippen molar-refractivity contribution in [1.29, 1.82) is 0 Å². The first-order chi connectivity index (χ1) is 13.7. The van der Waals surface area contributed by atoms with E-state index in [1.165, 1.54) is 25.0 Å². The van der Waals surface area contributed by atoms with E-state index in [0.717, 1.165) is 6.42 Å². The summed E-state index contributed by atoms with van der Waals surface area (Å²) in [4.78, 5) is 0. The number of hydrogen-bond acceptors (Lipinski definition) is 0. The van der Waals surface area contributed by atoms with Crippen LogP contribution in [0.3, 0.4) is 0 Å². The van der Waals surface area contributed by atoms with Gasteiger partial charge < -0.3 is 37.2 Å². The van der Waals surface area contributed by atoms with E-state index >= 15 is 0 Å². The maximum Gasteiger partial charge on any atom is -1.00 e. The van der Waals surface area contributed by atoms with Crippen LogP contribution in [0.25, 0.3) is 0 Å². The van der Waals surface area contributed by atoms with E-state index < -0.39 is 8.07 Å². The van der Waals surface area contributed by atoms with Crippen LogP contribution in [-0.2, 0) is 20.4 Å². The SMILES string of the molecule is CC(C)C1=CCC([Si](c2ccccc2)(c2ccccc2)c2ccccc2)=[C]1[Ti+3].[Cl-].[Cl-].[Cl-]. The quantitative estimate of drug-likeness (QED) is 0.236. The Morgan fingerprint density at radius 3 is 1.29 bits per heavy atom. The van der Waals surface area contributed by atoms with Gasteiger partial charge in [0.2, 0.25) is 0 Å². The van der Waals surface area contributed by atoms with Gasteiger partial charge in [-0.2, -0.15) is 0 Å². The Morgan fingerprint density at radius 1 is 0.645 bits per heavy atom. The molecule has 0 amide bonds. The van der Waals surface area contributed by atoms with Crippen LogP contribution in [0.2, 0.25) is 0 Å². The fourth-order valence-electron chi connectivity index (χ4n) is 4.54. The normalized spacial score (nSPS) is 13.1. The predicted molar refractivity (Wildman–Crippen MR) is 119 cm³/mol. The van der Waals surface area contributed by atoms with Crippen molar-refractivity contribution in [3.63, 3.8) is 0 Å². The van der Waals surface area contributed by atoms with E-state index in [-0.39, 0.29) is 37.2 Å². The molecule has 4 rings (SSSR count). The summed E-state index contributed by atoms with van der Waals surface area (Å²) < 4.78 is 1.51. The van der Waals surface area contributed by atoms with Crippen molar-refractivity contribution in [1.82, 2.24) is 0 Å². The van der Waals surface area contributed by atoms with Crippen LogP contribution >= 0.6 is 0 Å². The molecule has 0 bridgehead atoms. The maximum absolute atomic E-state index is 2.48. The fraction of sp³-hybridized carbons (Fsp3) is 0.154. The van der Waals surface area contributed by atoms with Crippen molar-refractivity contribution in [2.75, 3.05) is 0 Å². The number of benzene rings is 3. The van der Waals surface area contributed by atoms with Gasteiger partial charge in [0, 0.05) is 0 Å². The Morgan fingerprint density at radius 2 is 1.00 bits per heavy atom. The number of allylic oxidation sites excluding steroid dienone is 4. The van der Waals surface area contributed by atoms with Gasteiger partial charge in [-0.05, 0) is 0 Å². The summed E-state index contributed by atoms with van der Waals surface area (Å²) in [5.41, 5.74) is 1.52. The van der Waals surface area contributed by atoms with Gasteiger partial charge in [-0.3, -0.25) is 0 Å². The van der Waals surface area contributed by atoms with Crippen molar-refractivity contribution >= 4 is 23.6 Å². The molecule has 0 radical (unpaired) electrons. The summed E-state index contributed by atoms with van der Waals surface area (Å²) in [7, 11) is -2.31. The standard InChI is InChI=1S/C26H25Si.3ClH.Ti/c1-21(2)22-18-19-26(20-22)27(23-12-6-3-7-13-23,24-14-8-4-9-15-24)25-16-10-5-11-17-25;;;;/h3-18,21H,19H2,1-2H3;3*1H;/q;;;;+3/p-3. The maximum atomic E-state index is 2.48. The Bertz CT molecular complexity index is 920. The van der Waals surface area contributed by atoms with Crippen LogP contribution < -0.4 is 52.8 Å². The predicted octanol–water partition coefficient (Wildman–Crippen LogP) is -4.50. The molecule has 158 valence electrons. The van der Waals surface area contributed by atoms with Gasteiger partial charge in [-0.25, -0.2) is 0 Å². The van der Waals surface area contributed by atoms with Crippen LogP contribution in [-0.4, -0.2) is 8.07 Å². The zero-order valence-corrected chi connectivity index (χ0v) is 22.5. The van der Waals surface area contributed by atoms with E-state index in [2.05, 4.69) is 131 Å². The van der Waals surface area contributed by atoms with Gasteiger partial charge in [-0.15, -0.1) is 0 Å². The Labute approximate surface area is 217 Å². The first-order valence-corrected chi connectivity index (χ1v) is 12.8. The van der Waals surface area contributed by atoms with Crippen LogP contribution in [0.1, 0.15) is 20.3 Å². The van der Waals surface area contributed by atoms with E-state index in [9.17, 15) is 0 Å². The molecule has 0 aliphatic heterocycles. The molecule has 0 unspecified atom stereocenters. The number of rotatable bonds is 5. The first-order valence-electron chi connectivity index (χ1n) is 9.98. The van der Waals surface area contributed by atoms with E-state index in [4.69, 9.17) is 0 Å². The van der Waals surface area contributed by atoms with Crippen LogP contribution in [0.4, 0.5) is 0 Å². The van der Waals surface area contributed by atoms with Crippen molar-refractivity contribution in [3.05, 3.63) is 112 Å². The molecule has 0 spiro atoms. The molecule has 1 aliphatic carbocycles. The van der Waals surface area contributed by atoms with Gasteiger partial charge >= 0.3 is 182 Å². The van der Waals surface area contributed by atoms with Gasteiger partial charge in [0.15, 0.2) is 0 Å². The molecule has 0 heterocycles. The summed E-state index contributed by atoms with van der Waals surface area (Å²) in [6.07, 6.45) is 3.54. The minimum atomic E-state index is -2.31. The Balaban J connectivity index is 0.00000160. The van der Waals surface area contributed by atoms with Crippen molar-refractivity contribution in [2.24, 2.45) is 5.92 Å². The van der Waals surface area contributed by atoms with Crippen molar-refractivity contribution in [3.8, 4) is 0 Å². The van der Waals surface area contributed by atoms with Crippen LogP contribution in [0, 0.1) is 5.92 Å². The van der Waals surface area contributed by atoms with Crippen molar-refractivity contribution < 1.29 is 57.7 Å². The van der Waals surface area contributed by atoms with Gasteiger partial charge in [0.1, 0.15) is 0 Å². The second-order valence-corrected chi connectivity index (χ2v) is 12.3. The third-order valence-corrected chi connectivity index (χ3v) is 12.1. The average molecular weight is 520 g/mol. The van der Waals surface area contributed by atoms with Gasteiger partial charge in [-0.1, -0.05) is 0 Å². The minimum Gasteiger partial charge on any atom is -1.00 e. The molecule has 0 atom stereocenters. The smallest absolute Gasteiger partial charge is 1.00 e. The molecule has 0 saturated heterocycles. The van der Waals surface area contributed by atoms with Crippen LogP contribution in [0.5, 0.6) is 0 Å². The summed E-state index contributed by atoms with van der Waals surface area (Å²) in [5.74, 6) is 0.562.